The number of benzene rings is 1. The Morgan fingerprint density at radius 2 is 1.94 bits per heavy atom. The van der Waals surface area contributed by atoms with Gasteiger partial charge in [-0.3, -0.25) is 4.79 Å². The van der Waals surface area contributed by atoms with Crippen LogP contribution in [0.25, 0.3) is 0 Å². The van der Waals surface area contributed by atoms with E-state index in [1.54, 1.807) is 0 Å². The molecule has 0 aliphatic carbocycles. The molecular weight excluding hydrogens is 198 g/mol. The fraction of sp³-hybridized carbons (Fsp3) is 0.500. The molecule has 0 amide bonds. The molecule has 0 spiro atoms. The van der Waals surface area contributed by atoms with Crippen molar-refractivity contribution in [3.63, 3.8) is 0 Å². The summed E-state index contributed by atoms with van der Waals surface area (Å²) in [5.41, 5.74) is 8.54. The molecule has 1 rings (SSSR count). The second-order valence-electron chi connectivity index (χ2n) is 5.24. The fourth-order valence-corrected chi connectivity index (χ4v) is 1.65. The van der Waals surface area contributed by atoms with E-state index in [1.165, 1.54) is 5.56 Å². The average Bonchev–Trinajstić information content (AvgIpc) is 2.16. The first kappa shape index (κ1) is 12.9. The van der Waals surface area contributed by atoms with Crippen LogP contribution in [-0.2, 0) is 5.41 Å². The quantitative estimate of drug-likeness (QED) is 0.794. The van der Waals surface area contributed by atoms with Crippen LogP contribution in [0.1, 0.15) is 48.7 Å². The molecule has 0 aliphatic heterocycles. The van der Waals surface area contributed by atoms with E-state index in [0.29, 0.717) is 13.0 Å². The first-order valence-corrected chi connectivity index (χ1v) is 5.70. The Labute approximate surface area is 97.9 Å². The van der Waals surface area contributed by atoms with E-state index in [1.807, 2.05) is 19.1 Å². The smallest absolute Gasteiger partial charge is 0.164 e. The van der Waals surface area contributed by atoms with Gasteiger partial charge in [-0.25, -0.2) is 0 Å². The second kappa shape index (κ2) is 4.79. The summed E-state index contributed by atoms with van der Waals surface area (Å²) >= 11 is 0. The Kier molecular flexibility index (Phi) is 3.87. The van der Waals surface area contributed by atoms with Gasteiger partial charge in [-0.2, -0.15) is 0 Å². The Morgan fingerprint density at radius 3 is 2.44 bits per heavy atom. The second-order valence-corrected chi connectivity index (χ2v) is 5.24. The zero-order valence-corrected chi connectivity index (χ0v) is 10.6. The Balaban J connectivity index is 3.14. The number of aryl methyl sites for hydroxylation is 1. The highest BCUT2D eigenvalue weighted by Gasteiger charge is 2.16. The van der Waals surface area contributed by atoms with E-state index in [9.17, 15) is 4.79 Å². The van der Waals surface area contributed by atoms with Gasteiger partial charge in [0.1, 0.15) is 0 Å². The van der Waals surface area contributed by atoms with Crippen molar-refractivity contribution in [3.8, 4) is 0 Å². The van der Waals surface area contributed by atoms with Gasteiger partial charge in [0.05, 0.1) is 0 Å². The number of Topliss-reactive ketones (excluding diaryl/α,β-unsaturated/α-hetero) is 1. The van der Waals surface area contributed by atoms with Crippen molar-refractivity contribution >= 4 is 5.78 Å². The van der Waals surface area contributed by atoms with Crippen molar-refractivity contribution in [3.05, 3.63) is 34.9 Å². The SMILES string of the molecule is Cc1ccc(C(C)(C)C)cc1C(=O)CCN. The molecule has 2 heteroatoms. The van der Waals surface area contributed by atoms with Gasteiger partial charge in [-0.05, 0) is 36.1 Å². The van der Waals surface area contributed by atoms with Crippen molar-refractivity contribution in [2.24, 2.45) is 5.73 Å². The van der Waals surface area contributed by atoms with Crippen molar-refractivity contribution in [1.82, 2.24) is 0 Å². The van der Waals surface area contributed by atoms with E-state index in [2.05, 4.69) is 26.8 Å². The number of carbonyl (C=O) groups excluding carboxylic acids is 1. The summed E-state index contributed by atoms with van der Waals surface area (Å²) in [6.07, 6.45) is 0.425. The lowest BCUT2D eigenvalue weighted by Gasteiger charge is -2.20. The molecule has 0 radical (unpaired) electrons. The van der Waals surface area contributed by atoms with Crippen LogP contribution in [0, 0.1) is 6.92 Å². The summed E-state index contributed by atoms with van der Waals surface area (Å²) < 4.78 is 0. The topological polar surface area (TPSA) is 43.1 Å². The highest BCUT2D eigenvalue weighted by molar-refractivity contribution is 5.97. The molecule has 2 nitrogen and oxygen atoms in total. The summed E-state index contributed by atoms with van der Waals surface area (Å²) in [6.45, 7) is 8.83. The molecule has 0 fully saturated rings. The first-order valence-electron chi connectivity index (χ1n) is 5.70. The standard InChI is InChI=1S/C14H21NO/c1-10-5-6-11(14(2,3)4)9-12(10)13(16)7-8-15/h5-6,9H,7-8,15H2,1-4H3. The molecule has 0 bridgehead atoms. The average molecular weight is 219 g/mol. The van der Waals surface area contributed by atoms with E-state index in [0.717, 1.165) is 11.1 Å². The minimum Gasteiger partial charge on any atom is -0.330 e. The van der Waals surface area contributed by atoms with Crippen LogP contribution < -0.4 is 5.73 Å². The maximum absolute atomic E-state index is 11.9. The van der Waals surface area contributed by atoms with E-state index in [-0.39, 0.29) is 11.2 Å². The van der Waals surface area contributed by atoms with Gasteiger partial charge in [0.25, 0.3) is 0 Å². The first-order chi connectivity index (χ1) is 7.36. The zero-order valence-electron chi connectivity index (χ0n) is 10.6. The molecule has 88 valence electrons. The zero-order chi connectivity index (χ0) is 12.3. The van der Waals surface area contributed by atoms with Crippen molar-refractivity contribution < 1.29 is 4.79 Å². The third kappa shape index (κ3) is 2.92. The van der Waals surface area contributed by atoms with Crippen LogP contribution >= 0.6 is 0 Å². The Hall–Kier alpha value is -1.15. The molecular formula is C14H21NO. The van der Waals surface area contributed by atoms with Crippen LogP contribution in [0.4, 0.5) is 0 Å². The minimum atomic E-state index is 0.0748. The van der Waals surface area contributed by atoms with Gasteiger partial charge in [0.15, 0.2) is 5.78 Å². The molecule has 1 aromatic rings. The predicted molar refractivity (Wildman–Crippen MR) is 67.9 cm³/mol. The van der Waals surface area contributed by atoms with Crippen molar-refractivity contribution in [2.45, 2.75) is 39.5 Å². The van der Waals surface area contributed by atoms with Crippen molar-refractivity contribution in [1.29, 1.82) is 0 Å². The normalized spacial score (nSPS) is 11.6. The monoisotopic (exact) mass is 219 g/mol. The summed E-state index contributed by atoms with van der Waals surface area (Å²) in [4.78, 5) is 11.9. The lowest BCUT2D eigenvalue weighted by Crippen LogP contribution is -2.14. The van der Waals surface area contributed by atoms with Crippen LogP contribution in [0.15, 0.2) is 18.2 Å². The van der Waals surface area contributed by atoms with Gasteiger partial charge < -0.3 is 5.73 Å². The molecule has 0 atom stereocenters. The van der Waals surface area contributed by atoms with Crippen LogP contribution in [0.3, 0.4) is 0 Å². The molecule has 0 saturated carbocycles. The van der Waals surface area contributed by atoms with Crippen LogP contribution in [0.5, 0.6) is 0 Å². The third-order valence-corrected chi connectivity index (χ3v) is 2.78. The molecule has 0 unspecified atom stereocenters. The van der Waals surface area contributed by atoms with Crippen molar-refractivity contribution in [2.75, 3.05) is 6.54 Å². The Bertz CT molecular complexity index is 388. The molecule has 0 aliphatic rings. The van der Waals surface area contributed by atoms with Gasteiger partial charge in [0, 0.05) is 12.0 Å². The lowest BCUT2D eigenvalue weighted by molar-refractivity contribution is 0.0984. The number of nitrogens with two attached hydrogens (primary N) is 1. The number of hydrogen-bond acceptors (Lipinski definition) is 2. The van der Waals surface area contributed by atoms with Gasteiger partial charge in [-0.15, -0.1) is 0 Å². The maximum Gasteiger partial charge on any atom is 0.164 e. The summed E-state index contributed by atoms with van der Waals surface area (Å²) in [7, 11) is 0. The molecule has 16 heavy (non-hydrogen) atoms. The summed E-state index contributed by atoms with van der Waals surface area (Å²) in [5, 5.41) is 0. The van der Waals surface area contributed by atoms with Crippen LogP contribution in [-0.4, -0.2) is 12.3 Å². The highest BCUT2D eigenvalue weighted by Crippen LogP contribution is 2.24. The van der Waals surface area contributed by atoms with E-state index in [4.69, 9.17) is 5.73 Å². The largest absolute Gasteiger partial charge is 0.330 e. The number of rotatable bonds is 3. The van der Waals surface area contributed by atoms with E-state index >= 15 is 0 Å². The molecule has 0 heterocycles. The molecule has 1 aromatic carbocycles. The molecule has 0 saturated heterocycles. The van der Waals surface area contributed by atoms with Gasteiger partial charge in [0.2, 0.25) is 0 Å². The Morgan fingerprint density at radius 1 is 1.31 bits per heavy atom. The lowest BCUT2D eigenvalue weighted by atomic mass is 9.84. The highest BCUT2D eigenvalue weighted by atomic mass is 16.1. The predicted octanol–water partition coefficient (Wildman–Crippen LogP) is 2.82. The minimum absolute atomic E-state index is 0.0748. The number of ketones is 1. The maximum atomic E-state index is 11.9. The fourth-order valence-electron chi connectivity index (χ4n) is 1.65. The molecule has 0 aromatic heterocycles. The summed E-state index contributed by atoms with van der Waals surface area (Å²) in [5.74, 6) is 0.145. The van der Waals surface area contributed by atoms with Gasteiger partial charge >= 0.3 is 0 Å². The number of carbonyl (C=O) groups is 1. The molecule has 2 N–H and O–H groups in total. The third-order valence-electron chi connectivity index (χ3n) is 2.78. The van der Waals surface area contributed by atoms with Crippen LogP contribution in [0.2, 0.25) is 0 Å². The van der Waals surface area contributed by atoms with E-state index < -0.39 is 0 Å². The van der Waals surface area contributed by atoms with Gasteiger partial charge in [-0.1, -0.05) is 32.9 Å². The number of hydrogen-bond donors (Lipinski definition) is 1. The summed E-state index contributed by atoms with van der Waals surface area (Å²) in [6, 6.07) is 6.12.